The van der Waals surface area contributed by atoms with Crippen molar-refractivity contribution in [2.24, 2.45) is 11.8 Å². The van der Waals surface area contributed by atoms with Crippen LogP contribution >= 0.6 is 23.5 Å². The molecule has 58 heavy (non-hydrogen) atoms. The standard InChI is InChI=1S/C42H72N6O8S2/c1-8-31(4)37-40(52)46-36(38(50)44-16-11-18-55-20-22-56-21-19-54-17-10-15-43-7)29-58-28-33-13-9-12-32(25-33)27-57-23-14-34(49)26-45-42(5,6)41(53)47-35(24-30(2)3)39(51)48-37/h9,12-13,25,30-31,35-37,43,45H,8,10-11,14-24,26-29H2,1-7H3,(H,44,50)(H,46,52)(H,47,53)(H,48,51)/t31-,35-,36-,37-/m0/s1. The molecule has 2 bridgehead atoms. The van der Waals surface area contributed by atoms with Crippen LogP contribution in [0.5, 0.6) is 0 Å². The van der Waals surface area contributed by atoms with Gasteiger partial charge in [-0.1, -0.05) is 58.4 Å². The van der Waals surface area contributed by atoms with Crippen LogP contribution < -0.4 is 31.9 Å². The van der Waals surface area contributed by atoms with Crippen molar-refractivity contribution in [3.8, 4) is 0 Å². The first kappa shape index (κ1) is 51.4. The van der Waals surface area contributed by atoms with Crippen LogP contribution in [0.1, 0.15) is 84.8 Å². The van der Waals surface area contributed by atoms with Gasteiger partial charge in [-0.3, -0.25) is 29.3 Å². The van der Waals surface area contributed by atoms with E-state index in [1.165, 1.54) is 11.8 Å². The summed E-state index contributed by atoms with van der Waals surface area (Å²) in [7, 11) is 1.91. The van der Waals surface area contributed by atoms with Gasteiger partial charge in [-0.15, -0.1) is 0 Å². The van der Waals surface area contributed by atoms with Crippen LogP contribution in [-0.2, 0) is 49.7 Å². The molecule has 0 spiro atoms. The molecule has 0 radical (unpaired) electrons. The number of Topliss-reactive ketones (excluding diaryl/α,β-unsaturated/α-hetero) is 1. The highest BCUT2D eigenvalue weighted by Crippen LogP contribution is 2.20. The van der Waals surface area contributed by atoms with Crippen LogP contribution in [0.2, 0.25) is 0 Å². The largest absolute Gasteiger partial charge is 0.379 e. The second kappa shape index (κ2) is 29.5. The lowest BCUT2D eigenvalue weighted by Crippen LogP contribution is -2.61. The van der Waals surface area contributed by atoms with Gasteiger partial charge in [0, 0.05) is 49.2 Å². The number of amides is 4. The van der Waals surface area contributed by atoms with E-state index < -0.39 is 41.4 Å². The lowest BCUT2D eigenvalue weighted by Gasteiger charge is -2.31. The topological polar surface area (TPSA) is 185 Å². The van der Waals surface area contributed by atoms with Crippen LogP contribution in [0.4, 0.5) is 0 Å². The normalized spacial score (nSPS) is 21.1. The minimum atomic E-state index is -1.14. The van der Waals surface area contributed by atoms with E-state index in [1.54, 1.807) is 25.6 Å². The molecule has 4 amide bonds. The first-order valence-corrected chi connectivity index (χ1v) is 23.2. The highest BCUT2D eigenvalue weighted by molar-refractivity contribution is 7.98. The zero-order valence-electron chi connectivity index (χ0n) is 36.0. The first-order valence-electron chi connectivity index (χ1n) is 20.8. The Hall–Kier alpha value is -2.73. The second-order valence-corrected chi connectivity index (χ2v) is 17.8. The summed E-state index contributed by atoms with van der Waals surface area (Å²) >= 11 is 3.21. The molecule has 14 nitrogen and oxygen atoms in total. The number of carbonyl (C=O) groups excluding carboxylic acids is 5. The summed E-state index contributed by atoms with van der Waals surface area (Å²) in [6, 6.07) is 5.48. The van der Waals surface area contributed by atoms with Crippen LogP contribution in [-0.4, -0.2) is 131 Å². The zero-order valence-corrected chi connectivity index (χ0v) is 37.6. The molecule has 16 heteroatoms. The number of hydrogen-bond acceptors (Lipinski definition) is 12. The number of fused-ring (bicyclic) bond motifs is 2. The van der Waals surface area contributed by atoms with Gasteiger partial charge in [0.05, 0.1) is 38.5 Å². The Morgan fingerprint density at radius 2 is 1.48 bits per heavy atom. The third kappa shape index (κ3) is 21.5. The predicted molar refractivity (Wildman–Crippen MR) is 234 cm³/mol. The zero-order chi connectivity index (χ0) is 42.8. The van der Waals surface area contributed by atoms with Gasteiger partial charge in [-0.05, 0) is 69.7 Å². The van der Waals surface area contributed by atoms with E-state index in [0.29, 0.717) is 89.1 Å². The van der Waals surface area contributed by atoms with E-state index in [2.05, 4.69) is 44.0 Å². The molecule has 2 rings (SSSR count). The summed E-state index contributed by atoms with van der Waals surface area (Å²) < 4.78 is 16.7. The van der Waals surface area contributed by atoms with Gasteiger partial charge in [0.2, 0.25) is 23.6 Å². The molecule has 0 unspecified atom stereocenters. The smallest absolute Gasteiger partial charge is 0.243 e. The molecule has 330 valence electrons. The summed E-state index contributed by atoms with van der Waals surface area (Å²) in [4.78, 5) is 67.8. The van der Waals surface area contributed by atoms with Crippen molar-refractivity contribution in [3.05, 3.63) is 35.4 Å². The number of rotatable bonds is 19. The first-order chi connectivity index (χ1) is 27.8. The average molecular weight is 853 g/mol. The van der Waals surface area contributed by atoms with E-state index in [0.717, 1.165) is 29.8 Å². The molecule has 6 N–H and O–H groups in total. The Bertz CT molecular complexity index is 1390. The van der Waals surface area contributed by atoms with E-state index in [9.17, 15) is 24.0 Å². The number of thioether (sulfide) groups is 2. The number of carbonyl (C=O) groups is 5. The Kier molecular flexibility index (Phi) is 26.1. The van der Waals surface area contributed by atoms with Crippen molar-refractivity contribution in [2.75, 3.05) is 77.8 Å². The van der Waals surface area contributed by atoms with Crippen LogP contribution in [0, 0.1) is 11.8 Å². The molecule has 0 aromatic heterocycles. The Morgan fingerprint density at radius 3 is 2.10 bits per heavy atom. The summed E-state index contributed by atoms with van der Waals surface area (Å²) in [6.07, 6.45) is 2.82. The number of ketones is 1. The molecule has 4 atom stereocenters. The molecular weight excluding hydrogens is 781 g/mol. The molecular formula is C42H72N6O8S2. The maximum atomic E-state index is 14.0. The fraction of sp³-hybridized carbons (Fsp3) is 0.738. The third-order valence-corrected chi connectivity index (χ3v) is 11.7. The van der Waals surface area contributed by atoms with Gasteiger partial charge in [-0.25, -0.2) is 0 Å². The minimum absolute atomic E-state index is 0.00274. The highest BCUT2D eigenvalue weighted by atomic mass is 32.2. The van der Waals surface area contributed by atoms with Gasteiger partial charge in [0.25, 0.3) is 0 Å². The fourth-order valence-corrected chi connectivity index (χ4v) is 7.75. The molecule has 0 aliphatic carbocycles. The van der Waals surface area contributed by atoms with Crippen molar-refractivity contribution < 1.29 is 38.2 Å². The molecule has 1 aliphatic heterocycles. The fourth-order valence-electron chi connectivity index (χ4n) is 5.81. The lowest BCUT2D eigenvalue weighted by molar-refractivity contribution is -0.135. The molecule has 0 saturated carbocycles. The summed E-state index contributed by atoms with van der Waals surface area (Å²) in [6.45, 7) is 15.4. The molecule has 1 aliphatic rings. The monoisotopic (exact) mass is 852 g/mol. The van der Waals surface area contributed by atoms with Crippen molar-refractivity contribution in [1.29, 1.82) is 0 Å². The van der Waals surface area contributed by atoms with Gasteiger partial charge >= 0.3 is 0 Å². The van der Waals surface area contributed by atoms with Crippen LogP contribution in [0.3, 0.4) is 0 Å². The highest BCUT2D eigenvalue weighted by Gasteiger charge is 2.35. The van der Waals surface area contributed by atoms with Crippen molar-refractivity contribution >= 4 is 52.9 Å². The lowest BCUT2D eigenvalue weighted by atomic mass is 9.96. The maximum Gasteiger partial charge on any atom is 0.243 e. The average Bonchev–Trinajstić information content (AvgIpc) is 3.19. The summed E-state index contributed by atoms with van der Waals surface area (Å²) in [5.74, 6) is 0.389. The Labute approximate surface area is 355 Å². The Morgan fingerprint density at radius 1 is 0.862 bits per heavy atom. The number of benzene rings is 1. The maximum absolute atomic E-state index is 14.0. The van der Waals surface area contributed by atoms with Gasteiger partial charge in [-0.2, -0.15) is 23.5 Å². The molecule has 0 saturated heterocycles. The minimum Gasteiger partial charge on any atom is -0.379 e. The molecule has 0 fully saturated rings. The van der Waals surface area contributed by atoms with E-state index in [4.69, 9.17) is 14.2 Å². The van der Waals surface area contributed by atoms with Crippen molar-refractivity contribution in [2.45, 2.75) is 109 Å². The number of nitrogens with one attached hydrogen (secondary N) is 6. The molecule has 1 heterocycles. The van der Waals surface area contributed by atoms with Crippen molar-refractivity contribution in [1.82, 2.24) is 31.9 Å². The summed E-state index contributed by atoms with van der Waals surface area (Å²) in [5, 5.41) is 17.9. The summed E-state index contributed by atoms with van der Waals surface area (Å²) in [5.41, 5.74) is 1.08. The molecule has 1 aromatic carbocycles. The SMILES string of the molecule is CC[C@H](C)[C@@H]1NC(=O)[C@H](CC(C)C)NC(=O)C(C)(C)NCC(=O)CCSCc2cccc(c2)CSC[C@@H](C(=O)NCCCOCCOCCOCCCNC)NC1=O. The van der Waals surface area contributed by atoms with Gasteiger partial charge < -0.3 is 40.8 Å². The van der Waals surface area contributed by atoms with Gasteiger partial charge in [0.1, 0.15) is 23.9 Å². The quantitative estimate of drug-likeness (QED) is 0.112. The number of ether oxygens (including phenoxy) is 3. The van der Waals surface area contributed by atoms with Crippen molar-refractivity contribution in [3.63, 3.8) is 0 Å². The third-order valence-electron chi connectivity index (χ3n) is 9.61. The van der Waals surface area contributed by atoms with E-state index in [-0.39, 0.29) is 30.1 Å². The van der Waals surface area contributed by atoms with E-state index >= 15 is 0 Å². The number of hydrogen-bond donors (Lipinski definition) is 6. The van der Waals surface area contributed by atoms with E-state index in [1.807, 2.05) is 46.9 Å². The Balaban J connectivity index is 2.16. The second-order valence-electron chi connectivity index (χ2n) is 15.7. The predicted octanol–water partition coefficient (Wildman–Crippen LogP) is 3.21. The van der Waals surface area contributed by atoms with Gasteiger partial charge in [0.15, 0.2) is 0 Å². The van der Waals surface area contributed by atoms with Crippen LogP contribution in [0.25, 0.3) is 0 Å². The van der Waals surface area contributed by atoms with Crippen LogP contribution in [0.15, 0.2) is 24.3 Å². The molecule has 1 aromatic rings.